The van der Waals surface area contributed by atoms with E-state index in [-0.39, 0.29) is 0 Å². The minimum Gasteiger partial charge on any atom is -0.0616 e. The predicted octanol–water partition coefficient (Wildman–Crippen LogP) is 6.94. The molecule has 0 nitrogen and oxygen atoms in total. The number of benzene rings is 4. The topological polar surface area (TPSA) is 0 Å². The van der Waals surface area contributed by atoms with Crippen LogP contribution < -0.4 is 0 Å². The molecule has 0 amide bonds. The van der Waals surface area contributed by atoms with Gasteiger partial charge < -0.3 is 0 Å². The van der Waals surface area contributed by atoms with Gasteiger partial charge in [0.1, 0.15) is 0 Å². The van der Waals surface area contributed by atoms with Gasteiger partial charge in [-0.15, -0.1) is 0 Å². The van der Waals surface area contributed by atoms with E-state index in [4.69, 9.17) is 0 Å². The summed E-state index contributed by atoms with van der Waals surface area (Å²) in [4.78, 5) is 0. The van der Waals surface area contributed by atoms with Crippen LogP contribution in [0.5, 0.6) is 0 Å². The molecule has 110 valence electrons. The first-order valence-electron chi connectivity index (χ1n) is 7.66. The number of halogens is 1. The van der Waals surface area contributed by atoms with Crippen LogP contribution in [0.3, 0.4) is 0 Å². The van der Waals surface area contributed by atoms with Crippen molar-refractivity contribution in [1.82, 2.24) is 0 Å². The van der Waals surface area contributed by atoms with Crippen LogP contribution in [-0.2, 0) is 0 Å². The first-order valence-corrected chi connectivity index (χ1v) is 8.45. The van der Waals surface area contributed by atoms with Crippen LogP contribution in [0.15, 0.2) is 95.5 Å². The summed E-state index contributed by atoms with van der Waals surface area (Å²) in [5.74, 6) is 0. The van der Waals surface area contributed by atoms with Gasteiger partial charge in [0, 0.05) is 4.47 Å². The molecule has 0 unspecified atom stereocenters. The Morgan fingerprint density at radius 1 is 0.478 bits per heavy atom. The van der Waals surface area contributed by atoms with E-state index < -0.39 is 0 Å². The third kappa shape index (κ3) is 2.69. The molecule has 4 aromatic carbocycles. The lowest BCUT2D eigenvalue weighted by Crippen LogP contribution is -1.83. The number of rotatable bonds is 2. The van der Waals surface area contributed by atoms with Gasteiger partial charge in [0.15, 0.2) is 0 Å². The molecule has 0 radical (unpaired) electrons. The Morgan fingerprint density at radius 3 is 1.83 bits per heavy atom. The zero-order chi connectivity index (χ0) is 15.6. The number of hydrogen-bond acceptors (Lipinski definition) is 0. The molecule has 0 atom stereocenters. The van der Waals surface area contributed by atoms with Crippen LogP contribution in [-0.4, -0.2) is 0 Å². The van der Waals surface area contributed by atoms with Crippen LogP contribution in [0.25, 0.3) is 33.0 Å². The van der Waals surface area contributed by atoms with Gasteiger partial charge in [0.2, 0.25) is 0 Å². The molecule has 1 heteroatoms. The van der Waals surface area contributed by atoms with Gasteiger partial charge in [0.05, 0.1) is 0 Å². The first-order chi connectivity index (χ1) is 11.3. The summed E-state index contributed by atoms with van der Waals surface area (Å²) in [6, 6.07) is 32.1. The van der Waals surface area contributed by atoms with Crippen molar-refractivity contribution < 1.29 is 0 Å². The number of hydrogen-bond donors (Lipinski definition) is 0. The van der Waals surface area contributed by atoms with E-state index in [1.54, 1.807) is 0 Å². The lowest BCUT2D eigenvalue weighted by Gasteiger charge is -2.09. The van der Waals surface area contributed by atoms with Crippen molar-refractivity contribution in [2.75, 3.05) is 0 Å². The summed E-state index contributed by atoms with van der Waals surface area (Å²) < 4.78 is 1.12. The van der Waals surface area contributed by atoms with E-state index in [1.807, 2.05) is 6.07 Å². The van der Waals surface area contributed by atoms with Gasteiger partial charge in [-0.2, -0.15) is 0 Å². The van der Waals surface area contributed by atoms with Gasteiger partial charge >= 0.3 is 0 Å². The van der Waals surface area contributed by atoms with Crippen molar-refractivity contribution in [3.63, 3.8) is 0 Å². The second-order valence-corrected chi connectivity index (χ2v) is 6.44. The highest BCUT2D eigenvalue weighted by molar-refractivity contribution is 9.10. The van der Waals surface area contributed by atoms with E-state index in [2.05, 4.69) is 101 Å². The monoisotopic (exact) mass is 358 g/mol. The third-order valence-corrected chi connectivity index (χ3v) is 4.86. The Balaban J connectivity index is 1.80. The summed E-state index contributed by atoms with van der Waals surface area (Å²) in [5.41, 5.74) is 4.97. The summed E-state index contributed by atoms with van der Waals surface area (Å²) in [7, 11) is 0. The molecule has 0 heterocycles. The smallest absolute Gasteiger partial charge is 0.0253 e. The fourth-order valence-electron chi connectivity index (χ4n) is 3.00. The molecule has 4 rings (SSSR count). The minimum absolute atomic E-state index is 1.12. The van der Waals surface area contributed by atoms with Gasteiger partial charge in [-0.1, -0.05) is 101 Å². The van der Waals surface area contributed by atoms with Crippen molar-refractivity contribution >= 4 is 26.7 Å². The molecule has 0 saturated carbocycles. The van der Waals surface area contributed by atoms with Gasteiger partial charge in [-0.05, 0) is 39.1 Å². The summed E-state index contributed by atoms with van der Waals surface area (Å²) in [5, 5.41) is 2.57. The van der Waals surface area contributed by atoms with Crippen molar-refractivity contribution in [1.29, 1.82) is 0 Å². The van der Waals surface area contributed by atoms with Gasteiger partial charge in [-0.25, -0.2) is 0 Å². The largest absolute Gasteiger partial charge is 0.0616 e. The number of fused-ring (bicyclic) bond motifs is 1. The highest BCUT2D eigenvalue weighted by atomic mass is 79.9. The SMILES string of the molecule is Brc1ccccc1-c1ccc(-c2cccc3ccccc23)cc1. The van der Waals surface area contributed by atoms with Gasteiger partial charge in [0.25, 0.3) is 0 Å². The molecule has 23 heavy (non-hydrogen) atoms. The van der Waals surface area contributed by atoms with E-state index >= 15 is 0 Å². The maximum Gasteiger partial charge on any atom is 0.0253 e. The predicted molar refractivity (Wildman–Crippen MR) is 103 cm³/mol. The van der Waals surface area contributed by atoms with Crippen molar-refractivity contribution in [3.8, 4) is 22.3 Å². The molecular weight excluding hydrogens is 344 g/mol. The average Bonchev–Trinajstić information content (AvgIpc) is 2.62. The molecule has 0 bridgehead atoms. The van der Waals surface area contributed by atoms with E-state index in [1.165, 1.54) is 33.0 Å². The molecule has 0 aliphatic carbocycles. The van der Waals surface area contributed by atoms with Crippen molar-refractivity contribution in [2.45, 2.75) is 0 Å². The molecule has 0 fully saturated rings. The van der Waals surface area contributed by atoms with Crippen LogP contribution in [0.4, 0.5) is 0 Å². The maximum absolute atomic E-state index is 3.63. The zero-order valence-electron chi connectivity index (χ0n) is 12.5. The lowest BCUT2D eigenvalue weighted by atomic mass is 9.96. The fourth-order valence-corrected chi connectivity index (χ4v) is 3.52. The highest BCUT2D eigenvalue weighted by Crippen LogP contribution is 2.32. The second kappa shape index (κ2) is 6.02. The summed E-state index contributed by atoms with van der Waals surface area (Å²) in [6.07, 6.45) is 0. The summed E-state index contributed by atoms with van der Waals surface area (Å²) in [6.45, 7) is 0. The Hall–Kier alpha value is -2.38. The average molecular weight is 359 g/mol. The maximum atomic E-state index is 3.63. The first kappa shape index (κ1) is 14.2. The molecule has 0 aromatic heterocycles. The lowest BCUT2D eigenvalue weighted by molar-refractivity contribution is 1.58. The summed E-state index contributed by atoms with van der Waals surface area (Å²) >= 11 is 3.63. The second-order valence-electron chi connectivity index (χ2n) is 5.58. The molecule has 0 N–H and O–H groups in total. The van der Waals surface area contributed by atoms with E-state index in [0.29, 0.717) is 0 Å². The Bertz CT molecular complexity index is 963. The van der Waals surface area contributed by atoms with Crippen LogP contribution in [0.2, 0.25) is 0 Å². The molecule has 0 aliphatic rings. The van der Waals surface area contributed by atoms with Crippen molar-refractivity contribution in [2.24, 2.45) is 0 Å². The Labute approximate surface area is 144 Å². The minimum atomic E-state index is 1.12. The van der Waals surface area contributed by atoms with Gasteiger partial charge in [-0.3, -0.25) is 0 Å². The molecule has 0 spiro atoms. The molecule has 0 saturated heterocycles. The van der Waals surface area contributed by atoms with Crippen LogP contribution in [0, 0.1) is 0 Å². The highest BCUT2D eigenvalue weighted by Gasteiger charge is 2.05. The van der Waals surface area contributed by atoms with E-state index in [0.717, 1.165) is 4.47 Å². The molecule has 0 aliphatic heterocycles. The Kier molecular flexibility index (Phi) is 3.72. The van der Waals surface area contributed by atoms with Crippen LogP contribution in [0.1, 0.15) is 0 Å². The fraction of sp³-hybridized carbons (Fsp3) is 0. The zero-order valence-corrected chi connectivity index (χ0v) is 14.1. The standard InChI is InChI=1S/C22H15Br/c23-22-11-4-3-9-21(22)18-14-12-17(13-15-18)20-10-5-7-16-6-1-2-8-19(16)20/h1-15H. The van der Waals surface area contributed by atoms with E-state index in [9.17, 15) is 0 Å². The third-order valence-electron chi connectivity index (χ3n) is 4.17. The quantitative estimate of drug-likeness (QED) is 0.364. The normalized spacial score (nSPS) is 10.8. The van der Waals surface area contributed by atoms with Crippen LogP contribution >= 0.6 is 15.9 Å². The Morgan fingerprint density at radius 2 is 1.04 bits per heavy atom. The van der Waals surface area contributed by atoms with Crippen molar-refractivity contribution in [3.05, 3.63) is 95.5 Å². The molecular formula is C22H15Br. The molecule has 4 aromatic rings.